The number of ether oxygens (including phenoxy) is 1. The Balaban J connectivity index is 1.65. The van der Waals surface area contributed by atoms with Crippen molar-refractivity contribution in [2.45, 2.75) is 25.4 Å². The van der Waals surface area contributed by atoms with Gasteiger partial charge in [-0.2, -0.15) is 0 Å². The van der Waals surface area contributed by atoms with Crippen LogP contribution < -0.4 is 5.32 Å². The first-order valence-corrected chi connectivity index (χ1v) is 7.18. The molecule has 1 fully saturated rings. The first-order valence-electron chi connectivity index (χ1n) is 7.18. The van der Waals surface area contributed by atoms with Gasteiger partial charge >= 0.3 is 0 Å². The van der Waals surface area contributed by atoms with Gasteiger partial charge in [0.05, 0.1) is 12.5 Å². The van der Waals surface area contributed by atoms with Crippen molar-refractivity contribution in [2.75, 3.05) is 13.2 Å². The smallest absolute Gasteiger partial charge is 0.224 e. The van der Waals surface area contributed by atoms with E-state index >= 15 is 0 Å². The molecule has 3 nitrogen and oxygen atoms in total. The molecule has 1 aliphatic rings. The average molecular weight is 269 g/mol. The lowest BCUT2D eigenvalue weighted by molar-refractivity contribution is -0.120. The highest BCUT2D eigenvalue weighted by molar-refractivity contribution is 5.90. The highest BCUT2D eigenvalue weighted by atomic mass is 16.5. The van der Waals surface area contributed by atoms with E-state index < -0.39 is 0 Å². The molecule has 2 aromatic rings. The van der Waals surface area contributed by atoms with Gasteiger partial charge in [0.1, 0.15) is 0 Å². The Morgan fingerprint density at radius 1 is 1.20 bits per heavy atom. The van der Waals surface area contributed by atoms with Gasteiger partial charge in [0, 0.05) is 13.2 Å². The predicted octanol–water partition coefficient (Wildman–Crippen LogP) is 2.68. The zero-order valence-corrected chi connectivity index (χ0v) is 11.5. The van der Waals surface area contributed by atoms with E-state index in [4.69, 9.17) is 4.74 Å². The van der Waals surface area contributed by atoms with Crippen LogP contribution in [0, 0.1) is 0 Å². The van der Waals surface area contributed by atoms with Gasteiger partial charge in [0.15, 0.2) is 0 Å². The fraction of sp³-hybridized carbons (Fsp3) is 0.353. The Labute approximate surface area is 118 Å². The molecule has 0 aromatic heterocycles. The molecule has 3 rings (SSSR count). The normalized spacial score (nSPS) is 18.3. The van der Waals surface area contributed by atoms with Crippen LogP contribution in [0.2, 0.25) is 0 Å². The Morgan fingerprint density at radius 3 is 2.90 bits per heavy atom. The molecule has 2 aromatic carbocycles. The Kier molecular flexibility index (Phi) is 3.97. The zero-order valence-electron chi connectivity index (χ0n) is 11.5. The van der Waals surface area contributed by atoms with Crippen molar-refractivity contribution in [3.05, 3.63) is 48.0 Å². The summed E-state index contributed by atoms with van der Waals surface area (Å²) in [6.45, 7) is 1.45. The zero-order chi connectivity index (χ0) is 13.8. The van der Waals surface area contributed by atoms with Gasteiger partial charge in [0.25, 0.3) is 0 Å². The third-order valence-corrected chi connectivity index (χ3v) is 3.78. The molecule has 104 valence electrons. The topological polar surface area (TPSA) is 38.3 Å². The van der Waals surface area contributed by atoms with Crippen LogP contribution in [-0.4, -0.2) is 25.2 Å². The van der Waals surface area contributed by atoms with Crippen LogP contribution in [0.15, 0.2) is 42.5 Å². The Hall–Kier alpha value is -1.87. The van der Waals surface area contributed by atoms with Gasteiger partial charge in [-0.15, -0.1) is 0 Å². The van der Waals surface area contributed by atoms with Gasteiger partial charge in [-0.3, -0.25) is 4.79 Å². The average Bonchev–Trinajstić information content (AvgIpc) is 2.99. The molecular weight excluding hydrogens is 250 g/mol. The van der Waals surface area contributed by atoms with Crippen molar-refractivity contribution in [3.63, 3.8) is 0 Å². The minimum absolute atomic E-state index is 0.0665. The van der Waals surface area contributed by atoms with E-state index in [9.17, 15) is 4.79 Å². The lowest BCUT2D eigenvalue weighted by atomic mass is 10.0. The summed E-state index contributed by atoms with van der Waals surface area (Å²) < 4.78 is 5.51. The maximum Gasteiger partial charge on any atom is 0.224 e. The molecule has 1 saturated heterocycles. The first kappa shape index (κ1) is 13.1. The summed E-state index contributed by atoms with van der Waals surface area (Å²) >= 11 is 0. The molecule has 0 unspecified atom stereocenters. The van der Waals surface area contributed by atoms with Crippen molar-refractivity contribution < 1.29 is 9.53 Å². The number of hydrogen-bond donors (Lipinski definition) is 1. The van der Waals surface area contributed by atoms with Crippen LogP contribution in [-0.2, 0) is 16.0 Å². The van der Waals surface area contributed by atoms with Gasteiger partial charge in [-0.25, -0.2) is 0 Å². The second-order valence-electron chi connectivity index (χ2n) is 5.25. The van der Waals surface area contributed by atoms with Crippen LogP contribution in [0.1, 0.15) is 18.4 Å². The quantitative estimate of drug-likeness (QED) is 0.926. The molecule has 1 aliphatic heterocycles. The lowest BCUT2D eigenvalue weighted by Gasteiger charge is -2.11. The molecule has 20 heavy (non-hydrogen) atoms. The lowest BCUT2D eigenvalue weighted by Crippen LogP contribution is -2.32. The summed E-state index contributed by atoms with van der Waals surface area (Å²) in [5, 5.41) is 5.31. The van der Waals surface area contributed by atoms with E-state index in [1.54, 1.807) is 0 Å². The summed E-state index contributed by atoms with van der Waals surface area (Å²) in [5.41, 5.74) is 1.08. The summed E-state index contributed by atoms with van der Waals surface area (Å²) in [7, 11) is 0. The minimum atomic E-state index is 0.0665. The molecule has 0 aliphatic carbocycles. The van der Waals surface area contributed by atoms with E-state index in [-0.39, 0.29) is 12.0 Å². The molecule has 1 N–H and O–H groups in total. The molecule has 0 saturated carbocycles. The van der Waals surface area contributed by atoms with Crippen molar-refractivity contribution >= 4 is 16.7 Å². The predicted molar refractivity (Wildman–Crippen MR) is 79.6 cm³/mol. The van der Waals surface area contributed by atoms with Crippen LogP contribution in [0.5, 0.6) is 0 Å². The van der Waals surface area contributed by atoms with Crippen LogP contribution in [0.4, 0.5) is 0 Å². The van der Waals surface area contributed by atoms with Crippen LogP contribution >= 0.6 is 0 Å². The fourth-order valence-electron chi connectivity index (χ4n) is 2.72. The minimum Gasteiger partial charge on any atom is -0.376 e. The number of hydrogen-bond acceptors (Lipinski definition) is 2. The number of carbonyl (C=O) groups excluding carboxylic acids is 1. The largest absolute Gasteiger partial charge is 0.376 e. The third-order valence-electron chi connectivity index (χ3n) is 3.78. The number of fused-ring (bicyclic) bond motifs is 1. The number of carbonyl (C=O) groups is 1. The van der Waals surface area contributed by atoms with Crippen LogP contribution in [0.3, 0.4) is 0 Å². The Bertz CT molecular complexity index is 597. The fourth-order valence-corrected chi connectivity index (χ4v) is 2.72. The Morgan fingerprint density at radius 2 is 2.05 bits per heavy atom. The van der Waals surface area contributed by atoms with E-state index in [0.29, 0.717) is 13.0 Å². The monoisotopic (exact) mass is 269 g/mol. The van der Waals surface area contributed by atoms with Gasteiger partial charge in [0.2, 0.25) is 5.91 Å². The van der Waals surface area contributed by atoms with E-state index in [2.05, 4.69) is 23.5 Å². The maximum absolute atomic E-state index is 12.0. The van der Waals surface area contributed by atoms with Crippen LogP contribution in [0.25, 0.3) is 10.8 Å². The van der Waals surface area contributed by atoms with E-state index in [1.807, 2.05) is 24.3 Å². The van der Waals surface area contributed by atoms with Crippen molar-refractivity contribution in [2.24, 2.45) is 0 Å². The number of rotatable bonds is 4. The summed E-state index contributed by atoms with van der Waals surface area (Å²) in [6.07, 6.45) is 2.78. The molecule has 0 radical (unpaired) electrons. The summed E-state index contributed by atoms with van der Waals surface area (Å²) in [4.78, 5) is 12.0. The number of nitrogens with one attached hydrogen (secondary N) is 1. The third kappa shape index (κ3) is 2.99. The highest BCUT2D eigenvalue weighted by Gasteiger charge is 2.16. The summed E-state index contributed by atoms with van der Waals surface area (Å²) in [6, 6.07) is 14.3. The molecule has 0 bridgehead atoms. The van der Waals surface area contributed by atoms with E-state index in [0.717, 1.165) is 30.4 Å². The molecule has 1 heterocycles. The number of amides is 1. The molecule has 1 amide bonds. The van der Waals surface area contributed by atoms with Crippen molar-refractivity contribution in [3.8, 4) is 0 Å². The van der Waals surface area contributed by atoms with Crippen molar-refractivity contribution in [1.29, 1.82) is 0 Å². The number of benzene rings is 2. The summed E-state index contributed by atoms with van der Waals surface area (Å²) in [5.74, 6) is 0.0665. The SMILES string of the molecule is O=C(Cc1cccc2ccccc12)NC[C@H]1CCCO1. The molecule has 3 heteroatoms. The van der Waals surface area contributed by atoms with Crippen molar-refractivity contribution in [1.82, 2.24) is 5.32 Å². The maximum atomic E-state index is 12.0. The van der Waals surface area contributed by atoms with Gasteiger partial charge in [-0.1, -0.05) is 42.5 Å². The molecular formula is C17H19NO2. The molecule has 0 spiro atoms. The van der Waals surface area contributed by atoms with E-state index in [1.165, 1.54) is 5.39 Å². The van der Waals surface area contributed by atoms with Gasteiger partial charge < -0.3 is 10.1 Å². The highest BCUT2D eigenvalue weighted by Crippen LogP contribution is 2.19. The second kappa shape index (κ2) is 6.06. The van der Waals surface area contributed by atoms with Gasteiger partial charge in [-0.05, 0) is 29.2 Å². The second-order valence-corrected chi connectivity index (χ2v) is 5.25. The molecule has 1 atom stereocenters. The standard InChI is InChI=1S/C17H19NO2/c19-17(18-12-15-8-4-10-20-15)11-14-7-3-6-13-5-1-2-9-16(13)14/h1-3,5-7,9,15H,4,8,10-12H2,(H,18,19)/t15-/m1/s1. The first-order chi connectivity index (χ1) is 9.83.